The van der Waals surface area contributed by atoms with Crippen molar-refractivity contribution in [2.75, 3.05) is 6.61 Å². The van der Waals surface area contributed by atoms with Crippen molar-refractivity contribution in [1.82, 2.24) is 0 Å². The van der Waals surface area contributed by atoms with E-state index in [1.54, 1.807) is 0 Å². The Morgan fingerprint density at radius 1 is 0.971 bits per heavy atom. The molecule has 6 saturated carbocycles. The Morgan fingerprint density at radius 3 is 2.15 bits per heavy atom. The summed E-state index contributed by atoms with van der Waals surface area (Å²) in [6.45, 7) is 12.1. The van der Waals surface area contributed by atoms with Crippen molar-refractivity contribution in [3.05, 3.63) is 0 Å². The normalized spacial score (nSPS) is 56.2. The predicted octanol–water partition coefficient (Wildman–Crippen LogP) is 1.91. The fourth-order valence-corrected chi connectivity index (χ4v) is 10.9. The van der Waals surface area contributed by atoms with E-state index in [1.165, 1.54) is 20.8 Å². The second kappa shape index (κ2) is 5.88. The molecule has 8 heteroatoms. The number of aliphatic hydroxyl groups is 1. The van der Waals surface area contributed by atoms with Crippen molar-refractivity contribution >= 4 is 23.7 Å². The van der Waals surface area contributed by atoms with Gasteiger partial charge in [-0.3, -0.25) is 19.2 Å². The highest BCUT2D eigenvalue weighted by atomic mass is 16.6. The highest BCUT2D eigenvalue weighted by molar-refractivity contribution is 5.96. The molecule has 12 unspecified atom stereocenters. The molecule has 2 bridgehead atoms. The average Bonchev–Trinajstić information content (AvgIpc) is 2.91. The van der Waals surface area contributed by atoms with E-state index in [1.807, 2.05) is 27.7 Å². The van der Waals surface area contributed by atoms with Crippen LogP contribution >= 0.6 is 0 Å². The number of esters is 3. The molecule has 0 saturated heterocycles. The molecule has 0 spiro atoms. The summed E-state index contributed by atoms with van der Waals surface area (Å²) in [6, 6.07) is 0. The Hall–Kier alpha value is -1.96. The molecule has 12 atom stereocenters. The Labute approximate surface area is 199 Å². The van der Waals surface area contributed by atoms with Gasteiger partial charge in [0.25, 0.3) is 0 Å². The topological polar surface area (TPSA) is 116 Å². The second-order valence-electron chi connectivity index (χ2n) is 12.7. The smallest absolute Gasteiger partial charge is 0.303 e. The Balaban J connectivity index is 1.53. The molecule has 0 amide bonds. The molecular weight excluding hydrogens is 440 g/mol. The minimum Gasteiger partial charge on any atom is -0.465 e. The molecule has 6 fully saturated rings. The quantitative estimate of drug-likeness (QED) is 0.485. The van der Waals surface area contributed by atoms with Crippen LogP contribution in [-0.2, 0) is 33.4 Å². The monoisotopic (exact) mass is 474 g/mol. The fraction of sp³-hybridized carbons (Fsp3) is 0.846. The lowest BCUT2D eigenvalue weighted by atomic mass is 9.38. The van der Waals surface area contributed by atoms with Crippen molar-refractivity contribution < 1.29 is 38.5 Å². The third-order valence-corrected chi connectivity index (χ3v) is 11.7. The van der Waals surface area contributed by atoms with E-state index in [9.17, 15) is 24.3 Å². The maximum Gasteiger partial charge on any atom is 0.303 e. The van der Waals surface area contributed by atoms with Gasteiger partial charge in [-0.15, -0.1) is 0 Å². The molecule has 34 heavy (non-hydrogen) atoms. The van der Waals surface area contributed by atoms with Crippen LogP contribution in [0.4, 0.5) is 0 Å². The Bertz CT molecular complexity index is 1070. The van der Waals surface area contributed by atoms with Crippen LogP contribution in [0, 0.1) is 57.7 Å². The minimum atomic E-state index is -1.25. The van der Waals surface area contributed by atoms with Gasteiger partial charge in [0.05, 0.1) is 12.2 Å². The molecule has 6 aliphatic carbocycles. The maximum absolute atomic E-state index is 13.6. The first-order chi connectivity index (χ1) is 15.7. The zero-order valence-electron chi connectivity index (χ0n) is 20.8. The lowest BCUT2D eigenvalue weighted by Gasteiger charge is -2.65. The standard InChI is InChI=1S/C26H34O8/c1-10-21(33-12(3)28)26(34-13(4)29)19(22(26,5)6)18-17-16-15(25(10,18)31)14-8-24(17,9-32-11(2)27)23(16,7)20(14)30/h10,14-19,21,31H,8-9H2,1-7H3. The van der Waals surface area contributed by atoms with Gasteiger partial charge in [0.2, 0.25) is 0 Å². The van der Waals surface area contributed by atoms with Gasteiger partial charge >= 0.3 is 17.9 Å². The number of ether oxygens (including phenoxy) is 3. The van der Waals surface area contributed by atoms with Crippen molar-refractivity contribution in [2.45, 2.75) is 72.2 Å². The summed E-state index contributed by atoms with van der Waals surface area (Å²) in [5.41, 5.74) is -3.99. The van der Waals surface area contributed by atoms with Gasteiger partial charge in [-0.2, -0.15) is 0 Å². The van der Waals surface area contributed by atoms with Gasteiger partial charge in [0.1, 0.15) is 11.9 Å². The molecule has 0 aromatic heterocycles. The number of carbonyl (C=O) groups excluding carboxylic acids is 4. The van der Waals surface area contributed by atoms with E-state index in [4.69, 9.17) is 14.2 Å². The first-order valence-corrected chi connectivity index (χ1v) is 12.4. The molecule has 1 N–H and O–H groups in total. The molecule has 0 aromatic carbocycles. The molecule has 0 aliphatic heterocycles. The van der Waals surface area contributed by atoms with Crippen LogP contribution in [0.25, 0.3) is 0 Å². The molecule has 186 valence electrons. The second-order valence-corrected chi connectivity index (χ2v) is 12.7. The summed E-state index contributed by atoms with van der Waals surface area (Å²) in [5, 5.41) is 12.6. The number of carbonyl (C=O) groups is 4. The Kier molecular flexibility index (Phi) is 3.89. The van der Waals surface area contributed by atoms with E-state index < -0.39 is 51.4 Å². The van der Waals surface area contributed by atoms with Crippen LogP contribution < -0.4 is 0 Å². The van der Waals surface area contributed by atoms with E-state index in [0.717, 1.165) is 0 Å². The lowest BCUT2D eigenvalue weighted by molar-refractivity contribution is -0.229. The molecule has 6 aliphatic rings. The van der Waals surface area contributed by atoms with Crippen LogP contribution in [0.2, 0.25) is 0 Å². The van der Waals surface area contributed by atoms with E-state index in [2.05, 4.69) is 0 Å². The zero-order chi connectivity index (χ0) is 25.0. The number of hydrogen-bond donors (Lipinski definition) is 1. The van der Waals surface area contributed by atoms with Crippen LogP contribution in [-0.4, -0.2) is 52.7 Å². The van der Waals surface area contributed by atoms with Gasteiger partial charge in [0.15, 0.2) is 5.60 Å². The van der Waals surface area contributed by atoms with Gasteiger partial charge in [-0.1, -0.05) is 27.7 Å². The molecule has 0 radical (unpaired) electrons. The summed E-state index contributed by atoms with van der Waals surface area (Å²) in [7, 11) is 0. The highest BCUT2D eigenvalue weighted by Gasteiger charge is 2.99. The zero-order valence-corrected chi connectivity index (χ0v) is 20.8. The summed E-state index contributed by atoms with van der Waals surface area (Å²) in [5.74, 6) is -2.76. The first kappa shape index (κ1) is 22.5. The van der Waals surface area contributed by atoms with Gasteiger partial charge in [-0.25, -0.2) is 0 Å². The molecule has 0 heterocycles. The van der Waals surface area contributed by atoms with Crippen LogP contribution in [0.1, 0.15) is 54.9 Å². The van der Waals surface area contributed by atoms with Crippen molar-refractivity contribution in [3.63, 3.8) is 0 Å². The van der Waals surface area contributed by atoms with E-state index in [0.29, 0.717) is 6.42 Å². The maximum atomic E-state index is 13.6. The number of hydrogen-bond acceptors (Lipinski definition) is 8. The summed E-state index contributed by atoms with van der Waals surface area (Å²) < 4.78 is 17.4. The minimum absolute atomic E-state index is 0.0192. The van der Waals surface area contributed by atoms with Gasteiger partial charge in [-0.05, 0) is 24.2 Å². The lowest BCUT2D eigenvalue weighted by Crippen LogP contribution is -2.67. The number of fused-ring (bicyclic) bond motifs is 8. The van der Waals surface area contributed by atoms with E-state index >= 15 is 0 Å². The molecule has 0 aromatic rings. The third kappa shape index (κ3) is 1.88. The summed E-state index contributed by atoms with van der Waals surface area (Å²) >= 11 is 0. The van der Waals surface area contributed by atoms with Crippen LogP contribution in [0.15, 0.2) is 0 Å². The fourth-order valence-electron chi connectivity index (χ4n) is 10.9. The highest BCUT2D eigenvalue weighted by Crippen LogP contribution is 2.92. The van der Waals surface area contributed by atoms with Gasteiger partial charge in [0, 0.05) is 60.7 Å². The predicted molar refractivity (Wildman–Crippen MR) is 116 cm³/mol. The number of Topliss-reactive ketones (excluding diaryl/α,β-unsaturated/α-hetero) is 1. The SMILES string of the molecule is CC(=O)OCC12CC3C(=O)C1(C)C1C3C3(O)C(C)C(OC(C)=O)C4(OC(C)=O)C(C3C12)C4(C)C. The molecule has 6 rings (SSSR count). The van der Waals surface area contributed by atoms with Crippen molar-refractivity contribution in [3.8, 4) is 0 Å². The molecular formula is C26H34O8. The number of rotatable bonds is 4. The molecule has 8 nitrogen and oxygen atoms in total. The first-order valence-electron chi connectivity index (χ1n) is 12.4. The summed E-state index contributed by atoms with van der Waals surface area (Å²) in [4.78, 5) is 49.9. The largest absolute Gasteiger partial charge is 0.465 e. The third-order valence-electron chi connectivity index (χ3n) is 11.7. The van der Waals surface area contributed by atoms with Crippen LogP contribution in [0.5, 0.6) is 0 Å². The Morgan fingerprint density at radius 2 is 1.62 bits per heavy atom. The average molecular weight is 475 g/mol. The summed E-state index contributed by atoms with van der Waals surface area (Å²) in [6.07, 6.45) is -0.213. The number of ketones is 1. The van der Waals surface area contributed by atoms with E-state index in [-0.39, 0.29) is 53.9 Å². The van der Waals surface area contributed by atoms with Crippen molar-refractivity contribution in [1.29, 1.82) is 0 Å². The van der Waals surface area contributed by atoms with Gasteiger partial charge < -0.3 is 19.3 Å². The van der Waals surface area contributed by atoms with Crippen LogP contribution in [0.3, 0.4) is 0 Å². The van der Waals surface area contributed by atoms with Crippen molar-refractivity contribution in [2.24, 2.45) is 57.7 Å².